The van der Waals surface area contributed by atoms with Gasteiger partial charge in [-0.2, -0.15) is 0 Å². The Morgan fingerprint density at radius 1 is 1.38 bits per heavy atom. The van der Waals surface area contributed by atoms with Crippen LogP contribution in [0.3, 0.4) is 0 Å². The minimum atomic E-state index is -0.240. The molecular formula is C19H24N4O3. The second kappa shape index (κ2) is 8.03. The lowest BCUT2D eigenvalue weighted by molar-refractivity contribution is -0.131. The first-order chi connectivity index (χ1) is 12.5. The molecule has 7 nitrogen and oxygen atoms in total. The summed E-state index contributed by atoms with van der Waals surface area (Å²) >= 11 is 0. The van der Waals surface area contributed by atoms with Gasteiger partial charge in [-0.15, -0.1) is 0 Å². The van der Waals surface area contributed by atoms with Crippen molar-refractivity contribution >= 4 is 11.6 Å². The van der Waals surface area contributed by atoms with Crippen molar-refractivity contribution < 1.29 is 9.53 Å². The van der Waals surface area contributed by atoms with Crippen molar-refractivity contribution in [2.75, 3.05) is 25.5 Å². The lowest BCUT2D eigenvalue weighted by Gasteiger charge is -2.33. The number of carbonyl (C=O) groups excluding carboxylic acids is 1. The van der Waals surface area contributed by atoms with Crippen LogP contribution in [0.25, 0.3) is 0 Å². The molecule has 7 heteroatoms. The lowest BCUT2D eigenvalue weighted by Crippen LogP contribution is -2.46. The standard InChI is InChI=1S/C19H24N4O3/c1-13-20-11-14(19(25)21-13)10-18(24)23-9-3-4-16(12-23)22-15-5-7-17(26-2)8-6-15/h5-8,11,16,22H,3-4,9-10,12H2,1-2H3,(H,20,21,25)/t16-/m1/s1. The number of hydrogen-bond acceptors (Lipinski definition) is 5. The van der Waals surface area contributed by atoms with E-state index >= 15 is 0 Å². The molecule has 0 saturated carbocycles. The van der Waals surface area contributed by atoms with Gasteiger partial charge in [0.1, 0.15) is 11.6 Å². The minimum absolute atomic E-state index is 0.0395. The quantitative estimate of drug-likeness (QED) is 0.852. The molecule has 0 aliphatic carbocycles. The third-order valence-electron chi connectivity index (χ3n) is 4.58. The summed E-state index contributed by atoms with van der Waals surface area (Å²) in [7, 11) is 1.64. The number of rotatable bonds is 5. The Morgan fingerprint density at radius 3 is 2.85 bits per heavy atom. The van der Waals surface area contributed by atoms with Crippen LogP contribution >= 0.6 is 0 Å². The van der Waals surface area contributed by atoms with Crippen molar-refractivity contribution in [2.24, 2.45) is 0 Å². The number of likely N-dealkylation sites (tertiary alicyclic amines) is 1. The maximum absolute atomic E-state index is 12.6. The molecule has 1 amide bonds. The largest absolute Gasteiger partial charge is 0.497 e. The van der Waals surface area contributed by atoms with Crippen LogP contribution in [-0.2, 0) is 11.2 Å². The molecule has 2 aromatic rings. The fraction of sp³-hybridized carbons (Fsp3) is 0.421. The Balaban J connectivity index is 1.60. The highest BCUT2D eigenvalue weighted by atomic mass is 16.5. The van der Waals surface area contributed by atoms with Gasteiger partial charge in [-0.25, -0.2) is 4.98 Å². The van der Waals surface area contributed by atoms with E-state index in [0.717, 1.165) is 30.8 Å². The van der Waals surface area contributed by atoms with E-state index in [2.05, 4.69) is 15.3 Å². The van der Waals surface area contributed by atoms with Gasteiger partial charge >= 0.3 is 0 Å². The molecule has 0 spiro atoms. The Kier molecular flexibility index (Phi) is 5.55. The van der Waals surface area contributed by atoms with E-state index in [-0.39, 0.29) is 23.9 Å². The van der Waals surface area contributed by atoms with Crippen LogP contribution < -0.4 is 15.6 Å². The molecule has 1 atom stereocenters. The monoisotopic (exact) mass is 356 g/mol. The Labute approximate surface area is 152 Å². The number of aromatic amines is 1. The number of ether oxygens (including phenoxy) is 1. The van der Waals surface area contributed by atoms with Gasteiger partial charge in [0.2, 0.25) is 5.91 Å². The van der Waals surface area contributed by atoms with Gasteiger partial charge in [0.05, 0.1) is 13.5 Å². The van der Waals surface area contributed by atoms with Gasteiger partial charge in [0.15, 0.2) is 0 Å². The van der Waals surface area contributed by atoms with E-state index in [1.54, 1.807) is 14.0 Å². The number of H-pyrrole nitrogens is 1. The molecule has 1 saturated heterocycles. The van der Waals surface area contributed by atoms with Crippen molar-refractivity contribution in [3.63, 3.8) is 0 Å². The molecular weight excluding hydrogens is 332 g/mol. The van der Waals surface area contributed by atoms with Gasteiger partial charge < -0.3 is 19.9 Å². The first-order valence-corrected chi connectivity index (χ1v) is 8.78. The van der Waals surface area contributed by atoms with E-state index in [9.17, 15) is 9.59 Å². The summed E-state index contributed by atoms with van der Waals surface area (Å²) in [6, 6.07) is 7.94. The summed E-state index contributed by atoms with van der Waals surface area (Å²) < 4.78 is 5.17. The normalized spacial score (nSPS) is 17.0. The van der Waals surface area contributed by atoms with Crippen molar-refractivity contribution in [3.8, 4) is 5.75 Å². The number of piperidine rings is 1. The van der Waals surface area contributed by atoms with Crippen molar-refractivity contribution in [3.05, 3.63) is 52.2 Å². The average molecular weight is 356 g/mol. The van der Waals surface area contributed by atoms with Crippen LogP contribution in [0, 0.1) is 6.92 Å². The molecule has 1 aromatic carbocycles. The van der Waals surface area contributed by atoms with Crippen LogP contribution in [-0.4, -0.2) is 47.0 Å². The maximum atomic E-state index is 12.6. The van der Waals surface area contributed by atoms with Crippen molar-refractivity contribution in [1.29, 1.82) is 0 Å². The third-order valence-corrected chi connectivity index (χ3v) is 4.58. The highest BCUT2D eigenvalue weighted by Crippen LogP contribution is 2.19. The van der Waals surface area contributed by atoms with Gasteiger partial charge in [0.25, 0.3) is 5.56 Å². The van der Waals surface area contributed by atoms with Gasteiger partial charge in [0, 0.05) is 36.6 Å². The fourth-order valence-electron chi connectivity index (χ4n) is 3.16. The van der Waals surface area contributed by atoms with Crippen LogP contribution in [0.1, 0.15) is 24.2 Å². The first-order valence-electron chi connectivity index (χ1n) is 8.78. The van der Waals surface area contributed by atoms with E-state index < -0.39 is 0 Å². The van der Waals surface area contributed by atoms with Gasteiger partial charge in [-0.3, -0.25) is 9.59 Å². The molecule has 0 radical (unpaired) electrons. The second-order valence-electron chi connectivity index (χ2n) is 6.55. The average Bonchev–Trinajstić information content (AvgIpc) is 2.65. The number of anilines is 1. The number of aryl methyl sites for hydroxylation is 1. The molecule has 0 unspecified atom stereocenters. The summed E-state index contributed by atoms with van der Waals surface area (Å²) in [5, 5.41) is 3.47. The third kappa shape index (κ3) is 4.41. The molecule has 1 aromatic heterocycles. The van der Waals surface area contributed by atoms with Gasteiger partial charge in [-0.05, 0) is 44.0 Å². The van der Waals surface area contributed by atoms with Crippen LogP contribution in [0.15, 0.2) is 35.3 Å². The fourth-order valence-corrected chi connectivity index (χ4v) is 3.16. The number of nitrogens with one attached hydrogen (secondary N) is 2. The predicted octanol–water partition coefficient (Wildman–Crippen LogP) is 1.73. The predicted molar refractivity (Wildman–Crippen MR) is 99.5 cm³/mol. The number of amides is 1. The van der Waals surface area contributed by atoms with E-state index in [4.69, 9.17) is 4.74 Å². The van der Waals surface area contributed by atoms with E-state index in [1.807, 2.05) is 29.2 Å². The Bertz CT molecular complexity index is 816. The summed E-state index contributed by atoms with van der Waals surface area (Å²) in [5.74, 6) is 1.32. The van der Waals surface area contributed by atoms with Crippen LogP contribution in [0.5, 0.6) is 5.75 Å². The number of methoxy groups -OCH3 is 1. The lowest BCUT2D eigenvalue weighted by atomic mass is 10.0. The molecule has 1 aliphatic rings. The molecule has 1 fully saturated rings. The van der Waals surface area contributed by atoms with Crippen molar-refractivity contribution in [2.45, 2.75) is 32.2 Å². The Hall–Kier alpha value is -2.83. The number of carbonyl (C=O) groups is 1. The summed E-state index contributed by atoms with van der Waals surface area (Å²) in [5.41, 5.74) is 1.17. The molecule has 2 heterocycles. The number of hydrogen-bond donors (Lipinski definition) is 2. The van der Waals surface area contributed by atoms with Gasteiger partial charge in [-0.1, -0.05) is 0 Å². The zero-order valence-corrected chi connectivity index (χ0v) is 15.1. The molecule has 138 valence electrons. The minimum Gasteiger partial charge on any atom is -0.497 e. The summed E-state index contributed by atoms with van der Waals surface area (Å²) in [6.07, 6.45) is 3.51. The summed E-state index contributed by atoms with van der Waals surface area (Å²) in [6.45, 7) is 3.06. The molecule has 26 heavy (non-hydrogen) atoms. The number of nitrogens with zero attached hydrogens (tertiary/aromatic N) is 2. The van der Waals surface area contributed by atoms with Crippen molar-refractivity contribution in [1.82, 2.24) is 14.9 Å². The zero-order valence-electron chi connectivity index (χ0n) is 15.1. The van der Waals surface area contributed by atoms with Crippen LogP contribution in [0.2, 0.25) is 0 Å². The van der Waals surface area contributed by atoms with E-state index in [1.165, 1.54) is 6.20 Å². The zero-order chi connectivity index (χ0) is 18.5. The number of benzene rings is 1. The smallest absolute Gasteiger partial charge is 0.254 e. The SMILES string of the molecule is COc1ccc(N[C@@H]2CCCN(C(=O)Cc3cnc(C)[nH]c3=O)C2)cc1. The highest BCUT2D eigenvalue weighted by Gasteiger charge is 2.24. The molecule has 1 aliphatic heterocycles. The summed E-state index contributed by atoms with van der Waals surface area (Å²) in [4.78, 5) is 33.0. The topological polar surface area (TPSA) is 87.3 Å². The first kappa shape index (κ1) is 18.0. The molecule has 0 bridgehead atoms. The van der Waals surface area contributed by atoms with E-state index in [0.29, 0.717) is 17.9 Å². The second-order valence-corrected chi connectivity index (χ2v) is 6.55. The Morgan fingerprint density at radius 2 is 2.15 bits per heavy atom. The maximum Gasteiger partial charge on any atom is 0.254 e. The highest BCUT2D eigenvalue weighted by molar-refractivity contribution is 5.78. The molecule has 2 N–H and O–H groups in total. The number of aromatic nitrogens is 2. The molecule has 3 rings (SSSR count). The van der Waals surface area contributed by atoms with Crippen LogP contribution in [0.4, 0.5) is 5.69 Å².